The van der Waals surface area contributed by atoms with Gasteiger partial charge in [-0.15, -0.1) is 0 Å². The first-order chi connectivity index (χ1) is 8.79. The molecule has 0 bridgehead atoms. The van der Waals surface area contributed by atoms with Crippen molar-refractivity contribution in [1.82, 2.24) is 19.8 Å². The molecule has 0 aliphatic heterocycles. The van der Waals surface area contributed by atoms with Crippen molar-refractivity contribution in [2.45, 2.75) is 12.5 Å². The first kappa shape index (κ1) is 15.6. The Bertz CT molecular complexity index is 525. The molecule has 9 heteroatoms. The first-order valence-electron chi connectivity index (χ1n) is 5.76. The van der Waals surface area contributed by atoms with Gasteiger partial charge in [-0.05, 0) is 6.42 Å². The van der Waals surface area contributed by atoms with Crippen LogP contribution in [0.2, 0.25) is 0 Å². The lowest BCUT2D eigenvalue weighted by Gasteiger charge is -2.10. The molecule has 0 radical (unpaired) electrons. The zero-order valence-electron chi connectivity index (χ0n) is 11.0. The molecule has 0 aliphatic rings. The van der Waals surface area contributed by atoms with Crippen molar-refractivity contribution in [1.29, 1.82) is 0 Å². The summed E-state index contributed by atoms with van der Waals surface area (Å²) in [6.07, 6.45) is 4.80. The number of nitrogens with zero attached hydrogens (tertiary/aromatic N) is 2. The molecule has 1 atom stereocenters. The monoisotopic (exact) mass is 289 g/mol. The fraction of sp³-hybridized carbons (Fsp3) is 0.600. The van der Waals surface area contributed by atoms with Crippen LogP contribution in [0.5, 0.6) is 0 Å². The van der Waals surface area contributed by atoms with Crippen molar-refractivity contribution in [2.24, 2.45) is 12.8 Å². The van der Waals surface area contributed by atoms with E-state index in [1.165, 1.54) is 6.20 Å². The number of aryl methyl sites for hydroxylation is 1. The highest BCUT2D eigenvalue weighted by molar-refractivity contribution is 7.88. The van der Waals surface area contributed by atoms with Gasteiger partial charge in [-0.25, -0.2) is 13.1 Å². The van der Waals surface area contributed by atoms with Crippen LogP contribution in [0.25, 0.3) is 0 Å². The van der Waals surface area contributed by atoms with E-state index < -0.39 is 16.1 Å². The van der Waals surface area contributed by atoms with Gasteiger partial charge in [-0.2, -0.15) is 5.10 Å². The van der Waals surface area contributed by atoms with E-state index in [2.05, 4.69) is 15.1 Å². The van der Waals surface area contributed by atoms with E-state index in [1.807, 2.05) is 0 Å². The van der Waals surface area contributed by atoms with Crippen molar-refractivity contribution in [3.8, 4) is 0 Å². The summed E-state index contributed by atoms with van der Waals surface area (Å²) in [6.45, 7) is 0.635. The Labute approximate surface area is 112 Å². The maximum atomic E-state index is 11.7. The lowest BCUT2D eigenvalue weighted by Crippen LogP contribution is -2.35. The lowest BCUT2D eigenvalue weighted by molar-refractivity contribution is -0.122. The van der Waals surface area contributed by atoms with Gasteiger partial charge >= 0.3 is 0 Å². The SMILES string of the molecule is Cn1cc(C(N)C(=O)NCCCNS(C)(=O)=O)cn1. The smallest absolute Gasteiger partial charge is 0.241 e. The van der Waals surface area contributed by atoms with Gasteiger partial charge in [0.2, 0.25) is 15.9 Å². The molecule has 4 N–H and O–H groups in total. The second-order valence-corrected chi connectivity index (χ2v) is 6.07. The Kier molecular flexibility index (Phi) is 5.45. The molecule has 19 heavy (non-hydrogen) atoms. The van der Waals surface area contributed by atoms with Crippen LogP contribution in [0.1, 0.15) is 18.0 Å². The molecule has 1 amide bonds. The molecule has 0 aliphatic carbocycles. The molecule has 1 aromatic rings. The van der Waals surface area contributed by atoms with Gasteiger partial charge in [0, 0.05) is 31.9 Å². The van der Waals surface area contributed by atoms with Crippen LogP contribution >= 0.6 is 0 Å². The third-order valence-corrected chi connectivity index (χ3v) is 3.11. The zero-order chi connectivity index (χ0) is 14.5. The van der Waals surface area contributed by atoms with E-state index in [-0.39, 0.29) is 12.5 Å². The summed E-state index contributed by atoms with van der Waals surface area (Å²) < 4.78 is 25.5. The Morgan fingerprint density at radius 1 is 1.53 bits per heavy atom. The summed E-state index contributed by atoms with van der Waals surface area (Å²) in [7, 11) is -1.44. The third kappa shape index (κ3) is 5.81. The highest BCUT2D eigenvalue weighted by Gasteiger charge is 2.16. The minimum atomic E-state index is -3.18. The molecule has 0 fully saturated rings. The van der Waals surface area contributed by atoms with Crippen molar-refractivity contribution in [3.63, 3.8) is 0 Å². The largest absolute Gasteiger partial charge is 0.354 e. The van der Waals surface area contributed by atoms with Crippen molar-refractivity contribution in [3.05, 3.63) is 18.0 Å². The van der Waals surface area contributed by atoms with Crippen LogP contribution in [0.4, 0.5) is 0 Å². The number of amides is 1. The van der Waals surface area contributed by atoms with Gasteiger partial charge in [0.25, 0.3) is 0 Å². The average molecular weight is 289 g/mol. The molecule has 0 saturated heterocycles. The second-order valence-electron chi connectivity index (χ2n) is 4.24. The van der Waals surface area contributed by atoms with E-state index in [9.17, 15) is 13.2 Å². The number of nitrogens with two attached hydrogens (primary N) is 1. The highest BCUT2D eigenvalue weighted by Crippen LogP contribution is 2.07. The summed E-state index contributed by atoms with van der Waals surface area (Å²) in [6, 6.07) is -0.767. The topological polar surface area (TPSA) is 119 Å². The van der Waals surface area contributed by atoms with Crippen molar-refractivity contribution < 1.29 is 13.2 Å². The number of hydrogen-bond acceptors (Lipinski definition) is 5. The van der Waals surface area contributed by atoms with Crippen molar-refractivity contribution >= 4 is 15.9 Å². The van der Waals surface area contributed by atoms with Gasteiger partial charge in [0.05, 0.1) is 12.5 Å². The predicted molar refractivity (Wildman–Crippen MR) is 70.6 cm³/mol. The second kappa shape index (κ2) is 6.64. The third-order valence-electron chi connectivity index (χ3n) is 2.38. The summed E-state index contributed by atoms with van der Waals surface area (Å²) >= 11 is 0. The summed E-state index contributed by atoms with van der Waals surface area (Å²) in [5.41, 5.74) is 6.39. The highest BCUT2D eigenvalue weighted by atomic mass is 32.2. The lowest BCUT2D eigenvalue weighted by atomic mass is 10.1. The number of aromatic nitrogens is 2. The number of sulfonamides is 1. The van der Waals surface area contributed by atoms with Crippen molar-refractivity contribution in [2.75, 3.05) is 19.3 Å². The number of hydrogen-bond donors (Lipinski definition) is 3. The van der Waals surface area contributed by atoms with Crippen LogP contribution in [0.15, 0.2) is 12.4 Å². The molecule has 0 spiro atoms. The van der Waals surface area contributed by atoms with Gasteiger partial charge in [-0.3, -0.25) is 9.48 Å². The quantitative estimate of drug-likeness (QED) is 0.526. The fourth-order valence-corrected chi connectivity index (χ4v) is 1.93. The molecule has 108 valence electrons. The van der Waals surface area contributed by atoms with Gasteiger partial charge in [0.15, 0.2) is 0 Å². The van der Waals surface area contributed by atoms with E-state index in [0.29, 0.717) is 18.5 Å². The average Bonchev–Trinajstić information content (AvgIpc) is 2.72. The predicted octanol–water partition coefficient (Wildman–Crippen LogP) is -1.52. The van der Waals surface area contributed by atoms with E-state index in [1.54, 1.807) is 17.9 Å². The Morgan fingerprint density at radius 2 is 2.21 bits per heavy atom. The summed E-state index contributed by atoms with van der Waals surface area (Å²) in [5.74, 6) is -0.313. The fourth-order valence-electron chi connectivity index (χ4n) is 1.42. The van der Waals surface area contributed by atoms with Crippen LogP contribution in [-0.2, 0) is 21.9 Å². The maximum Gasteiger partial charge on any atom is 0.241 e. The molecule has 1 unspecified atom stereocenters. The number of carbonyl (C=O) groups is 1. The molecule has 1 aromatic heterocycles. The molecule has 8 nitrogen and oxygen atoms in total. The van der Waals surface area contributed by atoms with E-state index >= 15 is 0 Å². The standard InChI is InChI=1S/C10H19N5O3S/c1-15-7-8(6-13-15)9(11)10(16)12-4-3-5-14-19(2,17)18/h6-7,9,14H,3-5,11H2,1-2H3,(H,12,16). The van der Waals surface area contributed by atoms with Crippen LogP contribution < -0.4 is 15.8 Å². The molecular formula is C10H19N5O3S. The number of nitrogens with one attached hydrogen (secondary N) is 2. The summed E-state index contributed by atoms with van der Waals surface area (Å²) in [4.78, 5) is 11.7. The maximum absolute atomic E-state index is 11.7. The van der Waals surface area contributed by atoms with E-state index in [0.717, 1.165) is 6.26 Å². The van der Waals surface area contributed by atoms with Gasteiger partial charge < -0.3 is 11.1 Å². The molecular weight excluding hydrogens is 270 g/mol. The van der Waals surface area contributed by atoms with Gasteiger partial charge in [-0.1, -0.05) is 0 Å². The number of carbonyl (C=O) groups excluding carboxylic acids is 1. The van der Waals surface area contributed by atoms with Crippen LogP contribution in [0, 0.1) is 0 Å². The van der Waals surface area contributed by atoms with Crippen LogP contribution in [0.3, 0.4) is 0 Å². The molecule has 1 rings (SSSR count). The number of rotatable bonds is 7. The minimum absolute atomic E-state index is 0.279. The van der Waals surface area contributed by atoms with E-state index in [4.69, 9.17) is 5.73 Å². The zero-order valence-corrected chi connectivity index (χ0v) is 11.8. The molecule has 1 heterocycles. The Morgan fingerprint density at radius 3 is 2.74 bits per heavy atom. The van der Waals surface area contributed by atoms with Crippen LogP contribution in [-0.4, -0.2) is 43.5 Å². The molecule has 0 saturated carbocycles. The summed E-state index contributed by atoms with van der Waals surface area (Å²) in [5, 5.41) is 6.58. The molecule has 0 aromatic carbocycles. The Balaban J connectivity index is 2.28. The van der Waals surface area contributed by atoms with Gasteiger partial charge in [0.1, 0.15) is 6.04 Å². The Hall–Kier alpha value is -1.45. The normalized spacial score (nSPS) is 13.2. The first-order valence-corrected chi connectivity index (χ1v) is 7.65. The minimum Gasteiger partial charge on any atom is -0.354 e.